The standard InChI is InChI=1S/C14H15N3O3S2/c1-9(2)20-13(19)10-3-5-11(6-4-10)16-12(18)7-21-14-17-15-8-22-14/h3-6,8-9H,7H2,1-2H3,(H,16,18). The Morgan fingerprint density at radius 2 is 2.05 bits per heavy atom. The van der Waals surface area contributed by atoms with Crippen LogP contribution in [0.25, 0.3) is 0 Å². The lowest BCUT2D eigenvalue weighted by molar-refractivity contribution is -0.113. The van der Waals surface area contributed by atoms with Gasteiger partial charge in [0.1, 0.15) is 5.51 Å². The highest BCUT2D eigenvalue weighted by Gasteiger charge is 2.10. The van der Waals surface area contributed by atoms with E-state index < -0.39 is 0 Å². The zero-order valence-corrected chi connectivity index (χ0v) is 13.7. The van der Waals surface area contributed by atoms with Gasteiger partial charge in [0.25, 0.3) is 0 Å². The minimum atomic E-state index is -0.375. The Bertz CT molecular complexity index is 627. The van der Waals surface area contributed by atoms with Crippen molar-refractivity contribution in [3.8, 4) is 0 Å². The van der Waals surface area contributed by atoms with E-state index in [4.69, 9.17) is 4.74 Å². The van der Waals surface area contributed by atoms with Crippen LogP contribution in [0.15, 0.2) is 34.1 Å². The van der Waals surface area contributed by atoms with Crippen LogP contribution in [0.4, 0.5) is 5.69 Å². The van der Waals surface area contributed by atoms with Crippen LogP contribution in [-0.2, 0) is 9.53 Å². The van der Waals surface area contributed by atoms with Crippen molar-refractivity contribution in [1.82, 2.24) is 10.2 Å². The fourth-order valence-corrected chi connectivity index (χ4v) is 2.81. The van der Waals surface area contributed by atoms with E-state index >= 15 is 0 Å². The van der Waals surface area contributed by atoms with E-state index in [1.165, 1.54) is 23.1 Å². The van der Waals surface area contributed by atoms with Gasteiger partial charge in [-0.15, -0.1) is 10.2 Å². The van der Waals surface area contributed by atoms with Crippen molar-refractivity contribution < 1.29 is 14.3 Å². The van der Waals surface area contributed by atoms with Crippen molar-refractivity contribution in [2.45, 2.75) is 24.3 Å². The molecule has 0 bridgehead atoms. The Kier molecular flexibility index (Phi) is 5.91. The van der Waals surface area contributed by atoms with Crippen molar-refractivity contribution in [1.29, 1.82) is 0 Å². The number of aromatic nitrogens is 2. The molecule has 0 aliphatic heterocycles. The van der Waals surface area contributed by atoms with Gasteiger partial charge in [-0.3, -0.25) is 4.79 Å². The van der Waals surface area contributed by atoms with Gasteiger partial charge < -0.3 is 10.1 Å². The molecule has 116 valence electrons. The summed E-state index contributed by atoms with van der Waals surface area (Å²) in [6.45, 7) is 3.59. The van der Waals surface area contributed by atoms with E-state index in [1.807, 2.05) is 0 Å². The molecule has 0 aliphatic carbocycles. The Balaban J connectivity index is 1.85. The van der Waals surface area contributed by atoms with Crippen LogP contribution in [0.2, 0.25) is 0 Å². The number of hydrogen-bond donors (Lipinski definition) is 1. The predicted octanol–water partition coefficient (Wildman–Crippen LogP) is 2.83. The summed E-state index contributed by atoms with van der Waals surface area (Å²) < 4.78 is 5.85. The molecule has 0 fully saturated rings. The van der Waals surface area contributed by atoms with Crippen molar-refractivity contribution in [2.24, 2.45) is 0 Å². The van der Waals surface area contributed by atoms with Gasteiger partial charge in [-0.1, -0.05) is 23.1 Å². The molecule has 6 nitrogen and oxygen atoms in total. The van der Waals surface area contributed by atoms with Gasteiger partial charge in [0.2, 0.25) is 5.91 Å². The zero-order chi connectivity index (χ0) is 15.9. The number of carbonyl (C=O) groups is 2. The Morgan fingerprint density at radius 1 is 1.32 bits per heavy atom. The fourth-order valence-electron chi connectivity index (χ4n) is 1.52. The maximum atomic E-state index is 11.8. The number of carbonyl (C=O) groups excluding carboxylic acids is 2. The molecule has 2 aromatic rings. The Hall–Kier alpha value is -1.93. The van der Waals surface area contributed by atoms with Crippen LogP contribution in [0.1, 0.15) is 24.2 Å². The molecule has 0 saturated carbocycles. The molecule has 1 heterocycles. The lowest BCUT2D eigenvalue weighted by Crippen LogP contribution is -2.14. The molecule has 1 N–H and O–H groups in total. The summed E-state index contributed by atoms with van der Waals surface area (Å²) in [7, 11) is 0. The molecule has 0 radical (unpaired) electrons. The number of amides is 1. The number of rotatable bonds is 6. The van der Waals surface area contributed by atoms with Crippen LogP contribution in [0.3, 0.4) is 0 Å². The molecule has 0 unspecified atom stereocenters. The summed E-state index contributed by atoms with van der Waals surface area (Å²) in [5.41, 5.74) is 2.70. The number of benzene rings is 1. The first-order chi connectivity index (χ1) is 10.5. The number of hydrogen-bond acceptors (Lipinski definition) is 7. The van der Waals surface area contributed by atoms with Gasteiger partial charge in [-0.25, -0.2) is 4.79 Å². The first-order valence-electron chi connectivity index (χ1n) is 6.54. The lowest BCUT2D eigenvalue weighted by atomic mass is 10.2. The second-order valence-electron chi connectivity index (χ2n) is 4.57. The number of anilines is 1. The predicted molar refractivity (Wildman–Crippen MR) is 86.3 cm³/mol. The summed E-state index contributed by atoms with van der Waals surface area (Å²) in [6, 6.07) is 6.59. The highest BCUT2D eigenvalue weighted by Crippen LogP contribution is 2.19. The Morgan fingerprint density at radius 3 is 2.64 bits per heavy atom. The maximum Gasteiger partial charge on any atom is 0.338 e. The first-order valence-corrected chi connectivity index (χ1v) is 8.41. The average molecular weight is 337 g/mol. The lowest BCUT2D eigenvalue weighted by Gasteiger charge is -2.08. The topological polar surface area (TPSA) is 81.2 Å². The monoisotopic (exact) mass is 337 g/mol. The number of ether oxygens (including phenoxy) is 1. The third-order valence-electron chi connectivity index (χ3n) is 2.41. The minimum Gasteiger partial charge on any atom is -0.459 e. The molecule has 1 amide bonds. The minimum absolute atomic E-state index is 0.141. The van der Waals surface area contributed by atoms with Crippen LogP contribution < -0.4 is 5.32 Å². The quantitative estimate of drug-likeness (QED) is 0.645. The Labute approximate surface area is 136 Å². The molecular weight excluding hydrogens is 322 g/mol. The number of nitrogens with zero attached hydrogens (tertiary/aromatic N) is 2. The van der Waals surface area contributed by atoms with Crippen molar-refractivity contribution in [3.05, 3.63) is 35.3 Å². The van der Waals surface area contributed by atoms with Crippen LogP contribution in [0.5, 0.6) is 0 Å². The summed E-state index contributed by atoms with van der Waals surface area (Å²) in [4.78, 5) is 23.5. The third kappa shape index (κ3) is 5.12. The molecule has 1 aromatic carbocycles. The van der Waals surface area contributed by atoms with Crippen LogP contribution in [0, 0.1) is 0 Å². The van der Waals surface area contributed by atoms with E-state index in [-0.39, 0.29) is 23.7 Å². The summed E-state index contributed by atoms with van der Waals surface area (Å²) >= 11 is 2.72. The number of esters is 1. The SMILES string of the molecule is CC(C)OC(=O)c1ccc(NC(=O)CSc2nncs2)cc1. The van der Waals surface area contributed by atoms with E-state index in [2.05, 4.69) is 15.5 Å². The summed E-state index contributed by atoms with van der Waals surface area (Å²) in [6.07, 6.45) is -0.163. The van der Waals surface area contributed by atoms with Gasteiger partial charge in [0, 0.05) is 5.69 Å². The molecule has 8 heteroatoms. The largest absolute Gasteiger partial charge is 0.459 e. The van der Waals surface area contributed by atoms with Crippen LogP contribution >= 0.6 is 23.1 Å². The van der Waals surface area contributed by atoms with E-state index in [9.17, 15) is 9.59 Å². The van der Waals surface area contributed by atoms with Gasteiger partial charge in [-0.2, -0.15) is 0 Å². The number of nitrogens with one attached hydrogen (secondary N) is 1. The van der Waals surface area contributed by atoms with E-state index in [0.717, 1.165) is 4.34 Å². The molecule has 2 rings (SSSR count). The van der Waals surface area contributed by atoms with Crippen molar-refractivity contribution in [2.75, 3.05) is 11.1 Å². The second kappa shape index (κ2) is 7.90. The third-order valence-corrected chi connectivity index (χ3v) is 4.27. The summed E-state index contributed by atoms with van der Waals surface area (Å²) in [5.74, 6) is -0.260. The van der Waals surface area contributed by atoms with Crippen molar-refractivity contribution >= 4 is 40.7 Å². The zero-order valence-electron chi connectivity index (χ0n) is 12.1. The smallest absolute Gasteiger partial charge is 0.338 e. The average Bonchev–Trinajstić information content (AvgIpc) is 2.98. The molecular formula is C14H15N3O3S2. The van der Waals surface area contributed by atoms with Gasteiger partial charge >= 0.3 is 5.97 Å². The highest BCUT2D eigenvalue weighted by molar-refractivity contribution is 8.01. The second-order valence-corrected chi connectivity index (χ2v) is 6.63. The van der Waals surface area contributed by atoms with Crippen LogP contribution in [-0.4, -0.2) is 33.9 Å². The fraction of sp³-hybridized carbons (Fsp3) is 0.286. The summed E-state index contributed by atoms with van der Waals surface area (Å²) in [5, 5.41) is 10.3. The molecule has 22 heavy (non-hydrogen) atoms. The first kappa shape index (κ1) is 16.4. The van der Waals surface area contributed by atoms with E-state index in [0.29, 0.717) is 11.3 Å². The van der Waals surface area contributed by atoms with Gasteiger partial charge in [0.15, 0.2) is 4.34 Å². The number of thioether (sulfide) groups is 1. The molecule has 0 saturated heterocycles. The molecule has 0 atom stereocenters. The van der Waals surface area contributed by atoms with Crippen molar-refractivity contribution in [3.63, 3.8) is 0 Å². The normalized spacial score (nSPS) is 10.5. The van der Waals surface area contributed by atoms with E-state index in [1.54, 1.807) is 43.6 Å². The highest BCUT2D eigenvalue weighted by atomic mass is 32.2. The molecule has 0 spiro atoms. The molecule has 1 aromatic heterocycles. The van der Waals surface area contributed by atoms with Gasteiger partial charge in [0.05, 0.1) is 17.4 Å². The molecule has 0 aliphatic rings. The maximum absolute atomic E-state index is 11.8. The van der Waals surface area contributed by atoms with Gasteiger partial charge in [-0.05, 0) is 38.1 Å².